The molecule has 0 aliphatic heterocycles. The monoisotopic (exact) mass is 206 g/mol. The number of nitrogens with one attached hydrogen (secondary N) is 1. The van der Waals surface area contributed by atoms with Crippen molar-refractivity contribution in [1.82, 2.24) is 5.32 Å². The van der Waals surface area contributed by atoms with Crippen LogP contribution in [0.2, 0.25) is 0 Å². The van der Waals surface area contributed by atoms with Gasteiger partial charge in [0.2, 0.25) is 5.91 Å². The Kier molecular flexibility index (Phi) is 2.97. The molecule has 4 unspecified atom stereocenters. The minimum absolute atomic E-state index is 0.0439. The van der Waals surface area contributed by atoms with E-state index in [2.05, 4.69) is 17.2 Å². The Labute approximate surface area is 90.8 Å². The Hall–Kier alpha value is -1.01. The molecule has 2 rings (SSSR count). The third-order valence-electron chi connectivity index (χ3n) is 3.81. The molecule has 82 valence electrons. The first-order chi connectivity index (χ1) is 7.24. The molecule has 3 nitrogen and oxygen atoms in total. The smallest absolute Gasteiger partial charge is 0.225 e. The lowest BCUT2D eigenvalue weighted by Crippen LogP contribution is -2.45. The molecular formula is C12H18N2O. The number of fused-ring (bicyclic) bond motifs is 2. The molecule has 4 atom stereocenters. The summed E-state index contributed by atoms with van der Waals surface area (Å²) in [6.07, 6.45) is 3.54. The molecule has 0 aromatic heterocycles. The van der Waals surface area contributed by atoms with Crippen LogP contribution < -0.4 is 11.1 Å². The zero-order valence-corrected chi connectivity index (χ0v) is 9.12. The normalized spacial score (nSPS) is 37.2. The van der Waals surface area contributed by atoms with E-state index in [0.29, 0.717) is 18.4 Å². The van der Waals surface area contributed by atoms with Crippen molar-refractivity contribution >= 4 is 5.91 Å². The van der Waals surface area contributed by atoms with Crippen molar-refractivity contribution in [3.05, 3.63) is 0 Å². The van der Waals surface area contributed by atoms with Gasteiger partial charge in [0, 0.05) is 6.04 Å². The Morgan fingerprint density at radius 3 is 2.80 bits per heavy atom. The number of hydrogen-bond acceptors (Lipinski definition) is 2. The van der Waals surface area contributed by atoms with Gasteiger partial charge in [-0.05, 0) is 38.0 Å². The Morgan fingerprint density at radius 2 is 2.20 bits per heavy atom. The van der Waals surface area contributed by atoms with E-state index in [1.165, 1.54) is 12.8 Å². The van der Waals surface area contributed by atoms with Gasteiger partial charge in [-0.3, -0.25) is 4.79 Å². The van der Waals surface area contributed by atoms with Crippen LogP contribution in [0.3, 0.4) is 0 Å². The minimum atomic E-state index is 0.0439. The highest BCUT2D eigenvalue weighted by atomic mass is 16.1. The van der Waals surface area contributed by atoms with Gasteiger partial charge in [-0.25, -0.2) is 0 Å². The first-order valence-electron chi connectivity index (χ1n) is 5.67. The van der Waals surface area contributed by atoms with Crippen LogP contribution in [0.1, 0.15) is 26.2 Å². The molecule has 2 aliphatic rings. The standard InChI is InChI=1S/C12H18N2O/c1-2-3-6-14-12(15)10-8-4-5-9(7-8)11(10)13/h8-11H,4-7,13H2,1H3,(H,14,15). The number of hydrogen-bond donors (Lipinski definition) is 2. The molecule has 0 spiro atoms. The maximum absolute atomic E-state index is 11.9. The van der Waals surface area contributed by atoms with E-state index in [1.54, 1.807) is 6.92 Å². The molecule has 3 N–H and O–H groups in total. The molecular weight excluding hydrogens is 188 g/mol. The predicted molar refractivity (Wildman–Crippen MR) is 58.8 cm³/mol. The third-order valence-corrected chi connectivity index (χ3v) is 3.81. The fraction of sp³-hybridized carbons (Fsp3) is 0.750. The topological polar surface area (TPSA) is 55.1 Å². The molecule has 3 heteroatoms. The largest absolute Gasteiger partial charge is 0.345 e. The molecule has 0 heterocycles. The first kappa shape index (κ1) is 10.5. The van der Waals surface area contributed by atoms with E-state index in [9.17, 15) is 4.79 Å². The van der Waals surface area contributed by atoms with Gasteiger partial charge in [0.25, 0.3) is 0 Å². The molecule has 0 radical (unpaired) electrons. The lowest BCUT2D eigenvalue weighted by Gasteiger charge is -2.26. The van der Waals surface area contributed by atoms with Gasteiger partial charge in [0.1, 0.15) is 0 Å². The van der Waals surface area contributed by atoms with Crippen molar-refractivity contribution in [3.8, 4) is 11.8 Å². The molecule has 2 aliphatic carbocycles. The second-order valence-corrected chi connectivity index (χ2v) is 4.58. The van der Waals surface area contributed by atoms with Crippen molar-refractivity contribution < 1.29 is 4.79 Å². The van der Waals surface area contributed by atoms with Gasteiger partial charge in [0.15, 0.2) is 0 Å². The molecule has 1 amide bonds. The average molecular weight is 206 g/mol. The molecule has 0 aromatic carbocycles. The number of rotatable bonds is 2. The quantitative estimate of drug-likeness (QED) is 0.646. The summed E-state index contributed by atoms with van der Waals surface area (Å²) in [5.74, 6) is 6.87. The van der Waals surface area contributed by atoms with E-state index in [-0.39, 0.29) is 17.9 Å². The van der Waals surface area contributed by atoms with E-state index in [4.69, 9.17) is 5.73 Å². The molecule has 2 bridgehead atoms. The van der Waals surface area contributed by atoms with Crippen LogP contribution in [0, 0.1) is 29.6 Å². The van der Waals surface area contributed by atoms with Gasteiger partial charge in [-0.2, -0.15) is 0 Å². The third kappa shape index (κ3) is 1.87. The summed E-state index contributed by atoms with van der Waals surface area (Å²) >= 11 is 0. The number of nitrogens with two attached hydrogens (primary N) is 1. The fourth-order valence-electron chi connectivity index (χ4n) is 3.06. The lowest BCUT2D eigenvalue weighted by atomic mass is 9.84. The summed E-state index contributed by atoms with van der Waals surface area (Å²) in [7, 11) is 0. The lowest BCUT2D eigenvalue weighted by molar-refractivity contribution is -0.126. The number of carbonyl (C=O) groups is 1. The SMILES string of the molecule is CC#CCNC(=O)C1C2CCC(C2)C1N. The minimum Gasteiger partial charge on any atom is -0.345 e. The Balaban J connectivity index is 1.92. The van der Waals surface area contributed by atoms with Crippen LogP contribution in [0.4, 0.5) is 0 Å². The first-order valence-corrected chi connectivity index (χ1v) is 5.67. The van der Waals surface area contributed by atoms with Gasteiger partial charge >= 0.3 is 0 Å². The highest BCUT2D eigenvalue weighted by Crippen LogP contribution is 2.47. The van der Waals surface area contributed by atoms with Gasteiger partial charge in [0.05, 0.1) is 12.5 Å². The van der Waals surface area contributed by atoms with E-state index in [0.717, 1.165) is 6.42 Å². The van der Waals surface area contributed by atoms with E-state index < -0.39 is 0 Å². The van der Waals surface area contributed by atoms with E-state index in [1.807, 2.05) is 0 Å². The second-order valence-electron chi connectivity index (χ2n) is 4.58. The van der Waals surface area contributed by atoms with Crippen LogP contribution in [0.25, 0.3) is 0 Å². The van der Waals surface area contributed by atoms with Crippen LogP contribution >= 0.6 is 0 Å². The molecule has 2 saturated carbocycles. The molecule has 0 aromatic rings. The Bertz CT molecular complexity index is 313. The van der Waals surface area contributed by atoms with Crippen molar-refractivity contribution in [3.63, 3.8) is 0 Å². The van der Waals surface area contributed by atoms with Crippen LogP contribution in [-0.2, 0) is 4.79 Å². The molecule has 0 saturated heterocycles. The summed E-state index contributed by atoms with van der Waals surface area (Å²) in [4.78, 5) is 11.9. The van der Waals surface area contributed by atoms with Crippen molar-refractivity contribution in [2.75, 3.05) is 6.54 Å². The van der Waals surface area contributed by atoms with Crippen LogP contribution in [0.15, 0.2) is 0 Å². The summed E-state index contributed by atoms with van der Waals surface area (Å²) < 4.78 is 0. The molecule has 2 fully saturated rings. The predicted octanol–water partition coefficient (Wildman–Crippen LogP) is 0.499. The Morgan fingerprint density at radius 1 is 1.47 bits per heavy atom. The second kappa shape index (κ2) is 4.24. The highest BCUT2D eigenvalue weighted by molar-refractivity contribution is 5.80. The average Bonchev–Trinajstić information content (AvgIpc) is 2.78. The van der Waals surface area contributed by atoms with Crippen molar-refractivity contribution in [2.24, 2.45) is 23.5 Å². The zero-order chi connectivity index (χ0) is 10.8. The van der Waals surface area contributed by atoms with E-state index >= 15 is 0 Å². The number of amides is 1. The molecule has 15 heavy (non-hydrogen) atoms. The van der Waals surface area contributed by atoms with Crippen LogP contribution in [0.5, 0.6) is 0 Å². The van der Waals surface area contributed by atoms with Crippen molar-refractivity contribution in [1.29, 1.82) is 0 Å². The van der Waals surface area contributed by atoms with Crippen LogP contribution in [-0.4, -0.2) is 18.5 Å². The summed E-state index contributed by atoms with van der Waals surface area (Å²) in [5, 5.41) is 2.85. The maximum atomic E-state index is 11.9. The summed E-state index contributed by atoms with van der Waals surface area (Å²) in [6, 6.07) is 0.0818. The van der Waals surface area contributed by atoms with Crippen molar-refractivity contribution in [2.45, 2.75) is 32.2 Å². The number of carbonyl (C=O) groups excluding carboxylic acids is 1. The zero-order valence-electron chi connectivity index (χ0n) is 9.12. The fourth-order valence-corrected chi connectivity index (χ4v) is 3.06. The van der Waals surface area contributed by atoms with Gasteiger partial charge in [-0.15, -0.1) is 5.92 Å². The summed E-state index contributed by atoms with van der Waals surface area (Å²) in [6.45, 7) is 2.23. The highest BCUT2D eigenvalue weighted by Gasteiger charge is 2.48. The summed E-state index contributed by atoms with van der Waals surface area (Å²) in [5.41, 5.74) is 6.07. The van der Waals surface area contributed by atoms with Gasteiger partial charge in [-0.1, -0.05) is 5.92 Å². The van der Waals surface area contributed by atoms with Gasteiger partial charge < -0.3 is 11.1 Å². The maximum Gasteiger partial charge on any atom is 0.225 e.